The first-order valence-electron chi connectivity index (χ1n) is 10.6. The molecule has 2 aliphatic heterocycles. The minimum absolute atomic E-state index is 0.00426. The average molecular weight is 428 g/mol. The topological polar surface area (TPSA) is 78.1 Å². The number of nitrogens with zero attached hydrogens (tertiary/aromatic N) is 3. The van der Waals surface area contributed by atoms with E-state index in [0.717, 1.165) is 23.2 Å². The summed E-state index contributed by atoms with van der Waals surface area (Å²) in [7, 11) is 0. The summed E-state index contributed by atoms with van der Waals surface area (Å²) >= 11 is 0. The monoisotopic (exact) mass is 428 g/mol. The second kappa shape index (κ2) is 7.97. The lowest BCUT2D eigenvalue weighted by Gasteiger charge is -2.43. The van der Waals surface area contributed by atoms with Crippen LogP contribution in [-0.2, 0) is 6.54 Å². The number of nitrogens with one attached hydrogen (secondary N) is 1. The number of urea groups is 1. The van der Waals surface area contributed by atoms with Gasteiger partial charge in [-0.05, 0) is 54.3 Å². The van der Waals surface area contributed by atoms with Crippen LogP contribution in [0, 0.1) is 23.1 Å². The molecule has 32 heavy (non-hydrogen) atoms. The Hall–Kier alpha value is -3.92. The fraction of sp³-hybridized carbons (Fsp3) is 0.240. The molecule has 2 aromatic carbocycles. The highest BCUT2D eigenvalue weighted by atomic mass is 19.1. The highest BCUT2D eigenvalue weighted by molar-refractivity contribution is 5.89. The van der Waals surface area contributed by atoms with Crippen molar-refractivity contribution in [3.8, 4) is 17.2 Å². The number of likely N-dealkylation sites (tertiary alicyclic amines) is 1. The van der Waals surface area contributed by atoms with Crippen molar-refractivity contribution in [1.29, 1.82) is 5.26 Å². The zero-order valence-electron chi connectivity index (χ0n) is 17.3. The normalized spacial score (nSPS) is 19.1. The number of rotatable bonds is 2. The Morgan fingerprint density at radius 3 is 2.72 bits per heavy atom. The van der Waals surface area contributed by atoms with E-state index in [1.807, 2.05) is 28.8 Å². The molecule has 7 heteroatoms. The van der Waals surface area contributed by atoms with Crippen molar-refractivity contribution in [2.24, 2.45) is 5.92 Å². The van der Waals surface area contributed by atoms with Gasteiger partial charge in [0.05, 0.1) is 11.6 Å². The summed E-state index contributed by atoms with van der Waals surface area (Å²) in [6.45, 7) is 1.55. The molecular formula is C25H21FN4O2. The fourth-order valence-electron chi connectivity index (χ4n) is 4.95. The summed E-state index contributed by atoms with van der Waals surface area (Å²) < 4.78 is 15.3. The van der Waals surface area contributed by atoms with Gasteiger partial charge in [-0.15, -0.1) is 0 Å². The number of pyridine rings is 1. The van der Waals surface area contributed by atoms with Crippen molar-refractivity contribution in [3.63, 3.8) is 0 Å². The maximum absolute atomic E-state index is 13.5. The van der Waals surface area contributed by atoms with Crippen LogP contribution >= 0.6 is 0 Å². The van der Waals surface area contributed by atoms with Crippen molar-refractivity contribution < 1.29 is 9.18 Å². The van der Waals surface area contributed by atoms with Crippen LogP contribution in [0.4, 0.5) is 14.9 Å². The molecule has 1 N–H and O–H groups in total. The quantitative estimate of drug-likeness (QED) is 0.665. The molecule has 1 fully saturated rings. The third-order valence-corrected chi connectivity index (χ3v) is 6.26. The van der Waals surface area contributed by atoms with Gasteiger partial charge < -0.3 is 14.8 Å². The van der Waals surface area contributed by atoms with Crippen LogP contribution in [0.15, 0.2) is 65.5 Å². The summed E-state index contributed by atoms with van der Waals surface area (Å²) in [6, 6.07) is 18.5. The summed E-state index contributed by atoms with van der Waals surface area (Å²) in [6.07, 6.45) is 0.887. The van der Waals surface area contributed by atoms with Crippen LogP contribution < -0.4 is 10.9 Å². The van der Waals surface area contributed by atoms with Gasteiger partial charge in [0.25, 0.3) is 5.56 Å². The van der Waals surface area contributed by atoms with E-state index < -0.39 is 5.82 Å². The number of halogens is 1. The van der Waals surface area contributed by atoms with Crippen LogP contribution in [0.5, 0.6) is 0 Å². The molecule has 0 saturated carbocycles. The van der Waals surface area contributed by atoms with Gasteiger partial charge in [0, 0.05) is 48.6 Å². The van der Waals surface area contributed by atoms with Gasteiger partial charge in [-0.1, -0.05) is 18.2 Å². The molecule has 0 unspecified atom stereocenters. The first-order valence-corrected chi connectivity index (χ1v) is 10.6. The minimum atomic E-state index is -0.407. The maximum Gasteiger partial charge on any atom is 0.321 e. The average Bonchev–Trinajstić information content (AvgIpc) is 2.79. The summed E-state index contributed by atoms with van der Waals surface area (Å²) in [5, 5.41) is 12.1. The second-order valence-corrected chi connectivity index (χ2v) is 8.42. The molecular weight excluding hydrogens is 407 g/mol. The van der Waals surface area contributed by atoms with Crippen LogP contribution in [-0.4, -0.2) is 28.6 Å². The van der Waals surface area contributed by atoms with Crippen molar-refractivity contribution in [1.82, 2.24) is 9.47 Å². The van der Waals surface area contributed by atoms with Crippen molar-refractivity contribution in [2.45, 2.75) is 18.9 Å². The smallest absolute Gasteiger partial charge is 0.321 e. The Labute approximate surface area is 184 Å². The van der Waals surface area contributed by atoms with Gasteiger partial charge in [0.15, 0.2) is 0 Å². The van der Waals surface area contributed by atoms with Gasteiger partial charge in [-0.3, -0.25) is 4.79 Å². The molecule has 2 bridgehead atoms. The number of hydrogen-bond acceptors (Lipinski definition) is 3. The first kappa shape index (κ1) is 20.0. The Morgan fingerprint density at radius 1 is 1.06 bits per heavy atom. The predicted octanol–water partition coefficient (Wildman–Crippen LogP) is 4.18. The molecule has 0 radical (unpaired) electrons. The van der Waals surface area contributed by atoms with Gasteiger partial charge in [0.1, 0.15) is 5.82 Å². The van der Waals surface area contributed by atoms with Gasteiger partial charge in [0.2, 0.25) is 0 Å². The number of aromatic nitrogens is 1. The van der Waals surface area contributed by atoms with E-state index in [9.17, 15) is 19.2 Å². The van der Waals surface area contributed by atoms with Crippen molar-refractivity contribution >= 4 is 11.7 Å². The molecule has 2 amide bonds. The molecule has 0 spiro atoms. The summed E-state index contributed by atoms with van der Waals surface area (Å²) in [4.78, 5) is 27.3. The number of amides is 2. The summed E-state index contributed by atoms with van der Waals surface area (Å²) in [5.41, 5.74) is 3.63. The van der Waals surface area contributed by atoms with Gasteiger partial charge in [-0.25, -0.2) is 9.18 Å². The highest BCUT2D eigenvalue weighted by Crippen LogP contribution is 2.40. The SMILES string of the molecule is N#Cc1cccc(-c2ccc(=O)n3c2[C@H]2C[C@@H](CN(C(=O)Nc4cccc(F)c4)C2)C3)c1. The van der Waals surface area contributed by atoms with Crippen LogP contribution in [0.3, 0.4) is 0 Å². The maximum atomic E-state index is 13.5. The van der Waals surface area contributed by atoms with Crippen LogP contribution in [0.1, 0.15) is 23.6 Å². The molecule has 6 nitrogen and oxygen atoms in total. The van der Waals surface area contributed by atoms with E-state index in [0.29, 0.717) is 30.9 Å². The molecule has 3 heterocycles. The van der Waals surface area contributed by atoms with Crippen molar-refractivity contribution in [3.05, 3.63) is 88.1 Å². The lowest BCUT2D eigenvalue weighted by Crippen LogP contribution is -2.50. The third kappa shape index (κ3) is 3.65. The van der Waals surface area contributed by atoms with Crippen LogP contribution in [0.2, 0.25) is 0 Å². The van der Waals surface area contributed by atoms with Crippen molar-refractivity contribution in [2.75, 3.05) is 18.4 Å². The highest BCUT2D eigenvalue weighted by Gasteiger charge is 2.38. The number of piperidine rings is 1. The molecule has 160 valence electrons. The van der Waals surface area contributed by atoms with Gasteiger partial charge >= 0.3 is 6.03 Å². The van der Waals surface area contributed by atoms with E-state index in [4.69, 9.17) is 0 Å². The molecule has 3 aromatic rings. The van der Waals surface area contributed by atoms with E-state index >= 15 is 0 Å². The number of carbonyl (C=O) groups is 1. The molecule has 2 atom stereocenters. The molecule has 1 saturated heterocycles. The van der Waals surface area contributed by atoms with Crippen LogP contribution in [0.25, 0.3) is 11.1 Å². The Kier molecular flexibility index (Phi) is 4.98. The zero-order chi connectivity index (χ0) is 22.2. The predicted molar refractivity (Wildman–Crippen MR) is 119 cm³/mol. The van der Waals surface area contributed by atoms with E-state index in [-0.39, 0.29) is 23.4 Å². The first-order chi connectivity index (χ1) is 15.5. The zero-order valence-corrected chi connectivity index (χ0v) is 17.3. The minimum Gasteiger partial charge on any atom is -0.324 e. The lowest BCUT2D eigenvalue weighted by molar-refractivity contribution is 0.140. The number of anilines is 1. The standard InChI is InChI=1S/C25H21FN4O2/c26-20-5-2-6-21(11-20)28-25(32)29-13-17-10-19(15-29)24-22(7-8-23(31)30(24)14-17)18-4-1-3-16(9-18)12-27/h1-9,11,17,19H,10,13-15H2,(H,28,32)/t17-,19-/m0/s1. The third-order valence-electron chi connectivity index (χ3n) is 6.26. The lowest BCUT2D eigenvalue weighted by atomic mass is 9.80. The summed E-state index contributed by atoms with van der Waals surface area (Å²) in [5.74, 6) is -0.246. The Bertz CT molecular complexity index is 1310. The number of nitriles is 1. The largest absolute Gasteiger partial charge is 0.324 e. The Balaban J connectivity index is 1.48. The number of hydrogen-bond donors (Lipinski definition) is 1. The van der Waals surface area contributed by atoms with Gasteiger partial charge in [-0.2, -0.15) is 5.26 Å². The molecule has 1 aromatic heterocycles. The second-order valence-electron chi connectivity index (χ2n) is 8.42. The Morgan fingerprint density at radius 2 is 1.91 bits per heavy atom. The molecule has 0 aliphatic carbocycles. The van der Waals surface area contributed by atoms with E-state index in [1.165, 1.54) is 12.1 Å². The number of fused-ring (bicyclic) bond motifs is 4. The number of benzene rings is 2. The van der Waals surface area contributed by atoms with E-state index in [2.05, 4.69) is 11.4 Å². The van der Waals surface area contributed by atoms with E-state index in [1.54, 1.807) is 29.2 Å². The number of carbonyl (C=O) groups excluding carboxylic acids is 1. The molecule has 5 rings (SSSR count). The molecule has 2 aliphatic rings. The fourth-order valence-corrected chi connectivity index (χ4v) is 4.95.